The van der Waals surface area contributed by atoms with Crippen molar-refractivity contribution in [1.82, 2.24) is 10.2 Å². The van der Waals surface area contributed by atoms with E-state index in [0.29, 0.717) is 13.0 Å². The summed E-state index contributed by atoms with van der Waals surface area (Å²) in [7, 11) is -4.24. The lowest BCUT2D eigenvalue weighted by Crippen LogP contribution is -2.52. The van der Waals surface area contributed by atoms with E-state index in [1.807, 2.05) is 52.0 Å². The van der Waals surface area contributed by atoms with Crippen LogP contribution in [0.3, 0.4) is 0 Å². The summed E-state index contributed by atoms with van der Waals surface area (Å²) in [5.41, 5.74) is 2.83. The topological polar surface area (TPSA) is 86.8 Å². The number of anilines is 1. The van der Waals surface area contributed by atoms with Gasteiger partial charge < -0.3 is 10.2 Å². The van der Waals surface area contributed by atoms with Crippen LogP contribution in [0.1, 0.15) is 43.4 Å². The lowest BCUT2D eigenvalue weighted by Gasteiger charge is -2.33. The van der Waals surface area contributed by atoms with Gasteiger partial charge in [0.05, 0.1) is 15.6 Å². The highest BCUT2D eigenvalue weighted by molar-refractivity contribution is 7.92. The van der Waals surface area contributed by atoms with Gasteiger partial charge in [-0.2, -0.15) is 0 Å². The third-order valence-electron chi connectivity index (χ3n) is 6.47. The third-order valence-corrected chi connectivity index (χ3v) is 8.80. The zero-order chi connectivity index (χ0) is 29.4. The largest absolute Gasteiger partial charge is 0.354 e. The van der Waals surface area contributed by atoms with Gasteiger partial charge in [0.25, 0.3) is 10.0 Å². The number of halogens is 2. The molecule has 3 aromatic rings. The third kappa shape index (κ3) is 7.77. The zero-order valence-corrected chi connectivity index (χ0v) is 25.5. The molecule has 214 valence electrons. The van der Waals surface area contributed by atoms with Crippen molar-refractivity contribution < 1.29 is 18.0 Å². The van der Waals surface area contributed by atoms with Crippen LogP contribution in [-0.4, -0.2) is 44.3 Å². The Morgan fingerprint density at radius 3 is 2.08 bits per heavy atom. The van der Waals surface area contributed by atoms with Crippen molar-refractivity contribution in [1.29, 1.82) is 0 Å². The highest BCUT2D eigenvalue weighted by Gasteiger charge is 2.34. The number of amides is 2. The first-order valence-electron chi connectivity index (χ1n) is 13.1. The Morgan fingerprint density at radius 2 is 1.50 bits per heavy atom. The van der Waals surface area contributed by atoms with Gasteiger partial charge in [-0.15, -0.1) is 0 Å². The maximum absolute atomic E-state index is 14.1. The lowest BCUT2D eigenvalue weighted by atomic mass is 10.1. The van der Waals surface area contributed by atoms with Crippen LogP contribution in [0.4, 0.5) is 5.69 Å². The van der Waals surface area contributed by atoms with Gasteiger partial charge in [-0.1, -0.05) is 84.6 Å². The first-order chi connectivity index (χ1) is 19.0. The molecule has 1 atom stereocenters. The van der Waals surface area contributed by atoms with Gasteiger partial charge in [-0.05, 0) is 62.6 Å². The van der Waals surface area contributed by atoms with Crippen molar-refractivity contribution in [2.75, 3.05) is 17.4 Å². The van der Waals surface area contributed by atoms with Crippen LogP contribution >= 0.6 is 23.2 Å². The average molecular weight is 605 g/mol. The van der Waals surface area contributed by atoms with Crippen LogP contribution in [0, 0.1) is 13.8 Å². The first kappa shape index (κ1) is 31.5. The number of nitrogens with one attached hydrogen (secondary N) is 1. The molecule has 2 amide bonds. The minimum Gasteiger partial charge on any atom is -0.354 e. The second-order valence-corrected chi connectivity index (χ2v) is 12.3. The smallest absolute Gasteiger partial charge is 0.264 e. The van der Waals surface area contributed by atoms with Gasteiger partial charge >= 0.3 is 0 Å². The van der Waals surface area contributed by atoms with Gasteiger partial charge in [-0.25, -0.2) is 8.42 Å². The zero-order valence-electron chi connectivity index (χ0n) is 23.2. The number of hydrogen-bond acceptors (Lipinski definition) is 4. The Morgan fingerprint density at radius 1 is 0.900 bits per heavy atom. The standard InChI is InChI=1S/C30H35Cl2N3O4S/c1-5-17-33-30(37)27(6-2)34(19-23-11-7-21(3)8-12-23)29(36)20-35(28-18-24(31)13-16-26(28)32)40(38,39)25-14-9-22(4)10-15-25/h7-16,18,27H,5-6,17,19-20H2,1-4H3,(H,33,37). The predicted molar refractivity (Wildman–Crippen MR) is 161 cm³/mol. The predicted octanol–water partition coefficient (Wildman–Crippen LogP) is 6.14. The molecule has 3 aromatic carbocycles. The van der Waals surface area contributed by atoms with Gasteiger partial charge in [0.2, 0.25) is 11.8 Å². The molecule has 0 spiro atoms. The van der Waals surface area contributed by atoms with Crippen molar-refractivity contribution in [3.63, 3.8) is 0 Å². The van der Waals surface area contributed by atoms with Crippen LogP contribution in [-0.2, 0) is 26.2 Å². The summed E-state index contributed by atoms with van der Waals surface area (Å²) in [4.78, 5) is 28.7. The Hall–Kier alpha value is -3.07. The molecule has 0 heterocycles. The quantitative estimate of drug-likeness (QED) is 0.269. The second-order valence-electron chi connectivity index (χ2n) is 9.64. The van der Waals surface area contributed by atoms with Crippen molar-refractivity contribution in [2.24, 2.45) is 0 Å². The van der Waals surface area contributed by atoms with Crippen LogP contribution in [0.15, 0.2) is 71.6 Å². The van der Waals surface area contributed by atoms with Crippen LogP contribution < -0.4 is 9.62 Å². The molecular weight excluding hydrogens is 569 g/mol. The lowest BCUT2D eigenvalue weighted by molar-refractivity contribution is -0.140. The second kappa shape index (κ2) is 14.0. The van der Waals surface area contributed by atoms with E-state index in [0.717, 1.165) is 27.4 Å². The number of hydrogen-bond donors (Lipinski definition) is 1. The molecule has 3 rings (SSSR count). The summed E-state index contributed by atoms with van der Waals surface area (Å²) in [6, 6.07) is 17.6. The number of rotatable bonds is 12. The normalized spacial score (nSPS) is 12.1. The molecule has 7 nitrogen and oxygen atoms in total. The van der Waals surface area contributed by atoms with E-state index >= 15 is 0 Å². The highest BCUT2D eigenvalue weighted by Crippen LogP contribution is 2.33. The molecule has 0 radical (unpaired) electrons. The molecule has 0 aliphatic carbocycles. The molecule has 0 aliphatic heterocycles. The summed E-state index contributed by atoms with van der Waals surface area (Å²) in [6.07, 6.45) is 1.08. The fraction of sp³-hybridized carbons (Fsp3) is 0.333. The van der Waals surface area contributed by atoms with Gasteiger partial charge in [0, 0.05) is 18.1 Å². The average Bonchev–Trinajstić information content (AvgIpc) is 2.93. The fourth-order valence-corrected chi connectivity index (χ4v) is 6.06. The monoisotopic (exact) mass is 603 g/mol. The van der Waals surface area contributed by atoms with Crippen LogP contribution in [0.5, 0.6) is 0 Å². The number of carbonyl (C=O) groups excluding carboxylic acids is 2. The Bertz CT molecular complexity index is 1430. The Labute approximate surface area is 247 Å². The number of carbonyl (C=O) groups is 2. The highest BCUT2D eigenvalue weighted by atomic mass is 35.5. The molecule has 1 unspecified atom stereocenters. The van der Waals surface area contributed by atoms with Crippen molar-refractivity contribution >= 4 is 50.7 Å². The van der Waals surface area contributed by atoms with Crippen molar-refractivity contribution in [2.45, 2.75) is 58.0 Å². The van der Waals surface area contributed by atoms with E-state index in [1.165, 1.54) is 29.2 Å². The summed E-state index contributed by atoms with van der Waals surface area (Å²) < 4.78 is 28.9. The molecule has 10 heteroatoms. The fourth-order valence-electron chi connectivity index (χ4n) is 4.20. The van der Waals surface area contributed by atoms with E-state index in [2.05, 4.69) is 5.32 Å². The minimum atomic E-state index is -4.24. The van der Waals surface area contributed by atoms with E-state index in [4.69, 9.17) is 23.2 Å². The molecule has 1 N–H and O–H groups in total. The number of nitrogens with zero attached hydrogens (tertiary/aromatic N) is 2. The molecule has 0 saturated carbocycles. The number of benzene rings is 3. The molecule has 0 fully saturated rings. The summed E-state index contributed by atoms with van der Waals surface area (Å²) in [5.74, 6) is -0.843. The minimum absolute atomic E-state index is 0.000225. The molecule has 0 aromatic heterocycles. The Balaban J connectivity index is 2.09. The van der Waals surface area contributed by atoms with Crippen molar-refractivity contribution in [3.8, 4) is 0 Å². The Kier molecular flexibility index (Phi) is 11.0. The van der Waals surface area contributed by atoms with Crippen LogP contribution in [0.25, 0.3) is 0 Å². The maximum atomic E-state index is 14.1. The molecular formula is C30H35Cl2N3O4S. The molecule has 0 aliphatic rings. The first-order valence-corrected chi connectivity index (χ1v) is 15.3. The van der Waals surface area contributed by atoms with Gasteiger partial charge in [0.15, 0.2) is 0 Å². The SMILES string of the molecule is CCCNC(=O)C(CC)N(Cc1ccc(C)cc1)C(=O)CN(c1cc(Cl)ccc1Cl)S(=O)(=O)c1ccc(C)cc1. The molecule has 40 heavy (non-hydrogen) atoms. The summed E-state index contributed by atoms with van der Waals surface area (Å²) in [5, 5.41) is 3.25. The van der Waals surface area contributed by atoms with Gasteiger partial charge in [-0.3, -0.25) is 13.9 Å². The van der Waals surface area contributed by atoms with Crippen molar-refractivity contribution in [3.05, 3.63) is 93.5 Å². The van der Waals surface area contributed by atoms with Gasteiger partial charge in [0.1, 0.15) is 12.6 Å². The summed E-state index contributed by atoms with van der Waals surface area (Å²) in [6.45, 7) is 7.58. The van der Waals surface area contributed by atoms with E-state index in [9.17, 15) is 18.0 Å². The van der Waals surface area contributed by atoms with Crippen LogP contribution in [0.2, 0.25) is 10.0 Å². The van der Waals surface area contributed by atoms with E-state index in [1.54, 1.807) is 18.2 Å². The number of sulfonamides is 1. The van der Waals surface area contributed by atoms with E-state index in [-0.39, 0.29) is 33.1 Å². The van der Waals surface area contributed by atoms with E-state index < -0.39 is 28.5 Å². The molecule has 0 saturated heterocycles. The number of aryl methyl sites for hydroxylation is 2. The molecule has 0 bridgehead atoms. The maximum Gasteiger partial charge on any atom is 0.264 e. The summed E-state index contributed by atoms with van der Waals surface area (Å²) >= 11 is 12.7.